The van der Waals surface area contributed by atoms with Crippen molar-refractivity contribution in [3.05, 3.63) is 52.0 Å². The van der Waals surface area contributed by atoms with Crippen LogP contribution in [-0.4, -0.2) is 0 Å². The summed E-state index contributed by atoms with van der Waals surface area (Å²) in [5.41, 5.74) is 7.17. The van der Waals surface area contributed by atoms with Gasteiger partial charge in [0.05, 0.1) is 11.4 Å². The summed E-state index contributed by atoms with van der Waals surface area (Å²) in [5, 5.41) is 2.82. The highest BCUT2D eigenvalue weighted by Crippen LogP contribution is 2.29. The van der Waals surface area contributed by atoms with E-state index in [9.17, 15) is 8.78 Å². The number of hydrogen-bond donors (Lipinski definition) is 2. The largest absolute Gasteiger partial charge is 0.399 e. The third-order valence-corrected chi connectivity index (χ3v) is 3.17. The van der Waals surface area contributed by atoms with Gasteiger partial charge in [0.1, 0.15) is 11.6 Å². The minimum atomic E-state index is -0.502. The molecule has 94 valence electrons. The van der Waals surface area contributed by atoms with Crippen molar-refractivity contribution in [1.82, 2.24) is 0 Å². The summed E-state index contributed by atoms with van der Waals surface area (Å²) in [4.78, 5) is 0. The predicted molar refractivity (Wildman–Crippen MR) is 72.9 cm³/mol. The molecule has 2 aromatic carbocycles. The molecule has 3 N–H and O–H groups in total. The maximum absolute atomic E-state index is 13.7. The maximum atomic E-state index is 13.7. The molecule has 0 fully saturated rings. The van der Waals surface area contributed by atoms with Crippen molar-refractivity contribution < 1.29 is 8.78 Å². The van der Waals surface area contributed by atoms with E-state index in [1.165, 1.54) is 6.92 Å². The van der Waals surface area contributed by atoms with Crippen molar-refractivity contribution in [1.29, 1.82) is 0 Å². The molecule has 0 atom stereocenters. The highest BCUT2D eigenvalue weighted by atomic mass is 79.9. The van der Waals surface area contributed by atoms with Crippen LogP contribution in [0.5, 0.6) is 0 Å². The average Bonchev–Trinajstić information content (AvgIpc) is 2.29. The van der Waals surface area contributed by atoms with Crippen LogP contribution in [0.3, 0.4) is 0 Å². The Hall–Kier alpha value is -1.62. The van der Waals surface area contributed by atoms with Gasteiger partial charge < -0.3 is 11.1 Å². The first-order valence-corrected chi connectivity index (χ1v) is 6.04. The van der Waals surface area contributed by atoms with Crippen molar-refractivity contribution in [3.63, 3.8) is 0 Å². The molecule has 0 unspecified atom stereocenters. The minimum Gasteiger partial charge on any atom is -0.399 e. The first-order valence-electron chi connectivity index (χ1n) is 5.25. The molecule has 0 bridgehead atoms. The van der Waals surface area contributed by atoms with Crippen LogP contribution in [0.15, 0.2) is 34.8 Å². The number of nitrogen functional groups attached to an aromatic ring is 1. The lowest BCUT2D eigenvalue weighted by Crippen LogP contribution is -1.98. The molecule has 0 spiro atoms. The summed E-state index contributed by atoms with van der Waals surface area (Å²) < 4.78 is 27.7. The van der Waals surface area contributed by atoms with Gasteiger partial charge in [-0.1, -0.05) is 0 Å². The molecule has 2 nitrogen and oxygen atoms in total. The normalized spacial score (nSPS) is 10.4. The number of nitrogens with one attached hydrogen (secondary N) is 1. The van der Waals surface area contributed by atoms with Gasteiger partial charge in [-0.15, -0.1) is 0 Å². The monoisotopic (exact) mass is 312 g/mol. The molecular formula is C13H11BrF2N2. The quantitative estimate of drug-likeness (QED) is 0.808. The lowest BCUT2D eigenvalue weighted by Gasteiger charge is -2.11. The third-order valence-electron chi connectivity index (χ3n) is 2.51. The number of rotatable bonds is 2. The van der Waals surface area contributed by atoms with Gasteiger partial charge in [-0.05, 0) is 52.7 Å². The van der Waals surface area contributed by atoms with Gasteiger partial charge in [-0.3, -0.25) is 0 Å². The molecule has 18 heavy (non-hydrogen) atoms. The van der Waals surface area contributed by atoms with Gasteiger partial charge in [0, 0.05) is 16.2 Å². The molecule has 2 aromatic rings. The van der Waals surface area contributed by atoms with E-state index >= 15 is 0 Å². The van der Waals surface area contributed by atoms with Crippen LogP contribution < -0.4 is 11.1 Å². The topological polar surface area (TPSA) is 38.0 Å². The van der Waals surface area contributed by atoms with Gasteiger partial charge in [-0.2, -0.15) is 0 Å². The van der Waals surface area contributed by atoms with Gasteiger partial charge in [-0.25, -0.2) is 8.78 Å². The number of halogens is 3. The SMILES string of the molecule is Cc1cc(F)c(Nc2ccc(N)cc2Br)cc1F. The molecule has 0 aliphatic rings. The minimum absolute atomic E-state index is 0.0866. The van der Waals surface area contributed by atoms with E-state index in [-0.39, 0.29) is 11.3 Å². The Balaban J connectivity index is 2.37. The summed E-state index contributed by atoms with van der Waals surface area (Å²) in [6.45, 7) is 1.52. The number of anilines is 3. The molecule has 0 radical (unpaired) electrons. The van der Waals surface area contributed by atoms with Crippen molar-refractivity contribution in [2.24, 2.45) is 0 Å². The summed E-state index contributed by atoms with van der Waals surface area (Å²) >= 11 is 3.30. The molecule has 2 rings (SSSR count). The Kier molecular flexibility index (Phi) is 3.52. The highest BCUT2D eigenvalue weighted by Gasteiger charge is 2.09. The van der Waals surface area contributed by atoms with Crippen LogP contribution in [0.2, 0.25) is 0 Å². The second-order valence-corrected chi connectivity index (χ2v) is 4.80. The molecule has 0 aliphatic carbocycles. The van der Waals surface area contributed by atoms with Crippen molar-refractivity contribution in [2.45, 2.75) is 6.92 Å². The first kappa shape index (κ1) is 12.8. The number of benzene rings is 2. The fourth-order valence-electron chi connectivity index (χ4n) is 1.52. The number of nitrogens with two attached hydrogens (primary N) is 1. The van der Waals surface area contributed by atoms with E-state index in [1.54, 1.807) is 18.2 Å². The van der Waals surface area contributed by atoms with Gasteiger partial charge in [0.15, 0.2) is 0 Å². The zero-order valence-corrected chi connectivity index (χ0v) is 11.2. The van der Waals surface area contributed by atoms with E-state index in [2.05, 4.69) is 21.2 Å². The number of aryl methyl sites for hydroxylation is 1. The number of hydrogen-bond acceptors (Lipinski definition) is 2. The molecule has 5 heteroatoms. The van der Waals surface area contributed by atoms with E-state index in [1.807, 2.05) is 0 Å². The molecule has 0 amide bonds. The van der Waals surface area contributed by atoms with Crippen LogP contribution in [0, 0.1) is 18.6 Å². The molecule has 0 aliphatic heterocycles. The highest BCUT2D eigenvalue weighted by molar-refractivity contribution is 9.10. The summed E-state index contributed by atoms with van der Waals surface area (Å²) in [7, 11) is 0. The van der Waals surface area contributed by atoms with Crippen LogP contribution >= 0.6 is 15.9 Å². The first-order chi connectivity index (χ1) is 8.47. The van der Waals surface area contributed by atoms with Crippen molar-refractivity contribution >= 4 is 33.0 Å². The van der Waals surface area contributed by atoms with Crippen molar-refractivity contribution in [2.75, 3.05) is 11.1 Å². The van der Waals surface area contributed by atoms with E-state index < -0.39 is 11.6 Å². The van der Waals surface area contributed by atoms with Gasteiger partial charge in [0.2, 0.25) is 0 Å². The Labute approximate surface area is 112 Å². The van der Waals surface area contributed by atoms with E-state index in [0.29, 0.717) is 15.8 Å². The van der Waals surface area contributed by atoms with Crippen LogP contribution in [0.1, 0.15) is 5.56 Å². The lowest BCUT2D eigenvalue weighted by molar-refractivity contribution is 0.595. The molecule has 0 saturated heterocycles. The Morgan fingerprint density at radius 1 is 1.06 bits per heavy atom. The van der Waals surface area contributed by atoms with E-state index in [4.69, 9.17) is 5.73 Å². The molecule has 0 saturated carbocycles. The fourth-order valence-corrected chi connectivity index (χ4v) is 2.02. The standard InChI is InChI=1S/C13H11BrF2N2/c1-7-4-11(16)13(6-10(7)15)18-12-3-2-8(17)5-9(12)14/h2-6,18H,17H2,1H3. The van der Waals surface area contributed by atoms with Gasteiger partial charge in [0.25, 0.3) is 0 Å². The lowest BCUT2D eigenvalue weighted by atomic mass is 10.2. The second-order valence-electron chi connectivity index (χ2n) is 3.95. The Morgan fingerprint density at radius 2 is 1.78 bits per heavy atom. The Morgan fingerprint density at radius 3 is 2.44 bits per heavy atom. The van der Waals surface area contributed by atoms with E-state index in [0.717, 1.165) is 12.1 Å². The zero-order valence-electron chi connectivity index (χ0n) is 9.60. The summed E-state index contributed by atoms with van der Waals surface area (Å²) in [6.07, 6.45) is 0. The average molecular weight is 313 g/mol. The predicted octanol–water partition coefficient (Wildman–Crippen LogP) is 4.36. The fraction of sp³-hybridized carbons (Fsp3) is 0.0769. The molecule has 0 heterocycles. The van der Waals surface area contributed by atoms with Crippen molar-refractivity contribution in [3.8, 4) is 0 Å². The summed E-state index contributed by atoms with van der Waals surface area (Å²) in [6, 6.07) is 7.34. The van der Waals surface area contributed by atoms with Crippen LogP contribution in [-0.2, 0) is 0 Å². The third kappa shape index (κ3) is 2.61. The summed E-state index contributed by atoms with van der Waals surface area (Å²) in [5.74, 6) is -0.955. The maximum Gasteiger partial charge on any atom is 0.147 e. The van der Waals surface area contributed by atoms with Gasteiger partial charge >= 0.3 is 0 Å². The zero-order chi connectivity index (χ0) is 13.3. The van der Waals surface area contributed by atoms with Crippen LogP contribution in [0.25, 0.3) is 0 Å². The Bertz CT molecular complexity index is 600. The molecule has 0 aromatic heterocycles. The second kappa shape index (κ2) is 4.94. The molecular weight excluding hydrogens is 302 g/mol. The smallest absolute Gasteiger partial charge is 0.147 e. The van der Waals surface area contributed by atoms with Crippen LogP contribution in [0.4, 0.5) is 25.8 Å².